The van der Waals surface area contributed by atoms with Crippen molar-refractivity contribution in [3.05, 3.63) is 52.9 Å². The van der Waals surface area contributed by atoms with Crippen molar-refractivity contribution in [3.8, 4) is 5.69 Å². The van der Waals surface area contributed by atoms with E-state index in [0.717, 1.165) is 15.4 Å². The number of amides is 1. The molecule has 1 amide bonds. The summed E-state index contributed by atoms with van der Waals surface area (Å²) < 4.78 is 2.44. The molecular formula is C13H9BrN4O. The second-order valence-corrected chi connectivity index (χ2v) is 4.92. The van der Waals surface area contributed by atoms with Gasteiger partial charge in [-0.1, -0.05) is 18.2 Å². The van der Waals surface area contributed by atoms with Crippen molar-refractivity contribution < 1.29 is 4.79 Å². The Morgan fingerprint density at radius 1 is 1.26 bits per heavy atom. The van der Waals surface area contributed by atoms with E-state index in [1.807, 2.05) is 24.3 Å². The summed E-state index contributed by atoms with van der Waals surface area (Å²) >= 11 is 3.34. The van der Waals surface area contributed by atoms with Gasteiger partial charge in [0.15, 0.2) is 0 Å². The zero-order valence-corrected chi connectivity index (χ0v) is 11.3. The Hall–Kier alpha value is -2.21. The standard InChI is InChI=1S/C13H9BrN4O/c14-8-5-17-18(7-8)12-9-3-1-2-4-11(9)16-6-10(12)13(15)19/h1-7H,(H2,15,19). The number of nitrogens with two attached hydrogens (primary N) is 1. The molecule has 0 saturated heterocycles. The second kappa shape index (κ2) is 4.47. The zero-order chi connectivity index (χ0) is 13.4. The van der Waals surface area contributed by atoms with Crippen molar-refractivity contribution in [1.29, 1.82) is 0 Å². The maximum absolute atomic E-state index is 11.6. The van der Waals surface area contributed by atoms with Gasteiger partial charge < -0.3 is 5.73 Å². The summed E-state index contributed by atoms with van der Waals surface area (Å²) in [5.41, 5.74) is 7.19. The molecule has 94 valence electrons. The van der Waals surface area contributed by atoms with Crippen molar-refractivity contribution in [1.82, 2.24) is 14.8 Å². The van der Waals surface area contributed by atoms with Crippen LogP contribution in [0.25, 0.3) is 16.6 Å². The summed E-state index contributed by atoms with van der Waals surface area (Å²) in [5, 5.41) is 5.04. The van der Waals surface area contributed by atoms with Gasteiger partial charge in [-0.05, 0) is 22.0 Å². The highest BCUT2D eigenvalue weighted by Crippen LogP contribution is 2.24. The van der Waals surface area contributed by atoms with Crippen LogP contribution < -0.4 is 5.73 Å². The third-order valence-corrected chi connectivity index (χ3v) is 3.20. The van der Waals surface area contributed by atoms with Crippen molar-refractivity contribution >= 4 is 32.7 Å². The number of nitrogens with zero attached hydrogens (tertiary/aromatic N) is 3. The van der Waals surface area contributed by atoms with Crippen LogP contribution in [0.2, 0.25) is 0 Å². The first kappa shape index (κ1) is 11.9. The predicted molar refractivity (Wildman–Crippen MR) is 75.1 cm³/mol. The lowest BCUT2D eigenvalue weighted by atomic mass is 10.1. The van der Waals surface area contributed by atoms with Crippen LogP contribution in [0.4, 0.5) is 0 Å². The van der Waals surface area contributed by atoms with Crippen LogP contribution in [0.15, 0.2) is 47.3 Å². The molecule has 2 N–H and O–H groups in total. The number of carbonyl (C=O) groups is 1. The second-order valence-electron chi connectivity index (χ2n) is 4.01. The normalized spacial score (nSPS) is 10.8. The Balaban J connectivity index is 2.41. The molecule has 0 radical (unpaired) electrons. The van der Waals surface area contributed by atoms with E-state index in [4.69, 9.17) is 5.73 Å². The average molecular weight is 317 g/mol. The Morgan fingerprint density at radius 2 is 2.05 bits per heavy atom. The number of benzene rings is 1. The van der Waals surface area contributed by atoms with Gasteiger partial charge in [0.25, 0.3) is 5.91 Å². The topological polar surface area (TPSA) is 73.8 Å². The van der Waals surface area contributed by atoms with Crippen molar-refractivity contribution in [2.45, 2.75) is 0 Å². The van der Waals surface area contributed by atoms with E-state index in [0.29, 0.717) is 11.3 Å². The van der Waals surface area contributed by atoms with Crippen LogP contribution in [0.3, 0.4) is 0 Å². The number of carbonyl (C=O) groups excluding carboxylic acids is 1. The third kappa shape index (κ3) is 2.00. The lowest BCUT2D eigenvalue weighted by Gasteiger charge is -2.10. The minimum atomic E-state index is -0.528. The Bertz CT molecular complexity index is 781. The molecule has 1 aromatic carbocycles. The predicted octanol–water partition coefficient (Wildman–Crippen LogP) is 2.28. The van der Waals surface area contributed by atoms with Crippen LogP contribution >= 0.6 is 15.9 Å². The number of rotatable bonds is 2. The fourth-order valence-electron chi connectivity index (χ4n) is 1.98. The first-order chi connectivity index (χ1) is 9.16. The van der Waals surface area contributed by atoms with Gasteiger partial charge in [0, 0.05) is 17.8 Å². The van der Waals surface area contributed by atoms with Gasteiger partial charge in [0.05, 0.1) is 27.4 Å². The molecule has 0 spiro atoms. The summed E-state index contributed by atoms with van der Waals surface area (Å²) in [6.07, 6.45) is 4.91. The van der Waals surface area contributed by atoms with E-state index in [1.54, 1.807) is 17.1 Å². The van der Waals surface area contributed by atoms with Crippen LogP contribution in [0, 0.1) is 0 Å². The maximum Gasteiger partial charge on any atom is 0.252 e. The van der Waals surface area contributed by atoms with Crippen LogP contribution in [0.1, 0.15) is 10.4 Å². The lowest BCUT2D eigenvalue weighted by molar-refractivity contribution is 0.1000. The molecule has 0 fully saturated rings. The van der Waals surface area contributed by atoms with Crippen molar-refractivity contribution in [2.75, 3.05) is 0 Å². The number of primary amides is 1. The van der Waals surface area contributed by atoms with Gasteiger partial charge in [-0.25, -0.2) is 4.68 Å². The average Bonchev–Trinajstić information content (AvgIpc) is 2.83. The first-order valence-electron chi connectivity index (χ1n) is 5.55. The Labute approximate surface area is 117 Å². The van der Waals surface area contributed by atoms with Gasteiger partial charge in [-0.15, -0.1) is 0 Å². The first-order valence-corrected chi connectivity index (χ1v) is 6.34. The smallest absolute Gasteiger partial charge is 0.252 e. The van der Waals surface area contributed by atoms with E-state index < -0.39 is 5.91 Å². The molecule has 0 aliphatic carbocycles. The van der Waals surface area contributed by atoms with E-state index in [9.17, 15) is 4.79 Å². The molecule has 3 rings (SSSR count). The molecule has 0 aliphatic rings. The van der Waals surface area contributed by atoms with Gasteiger partial charge in [-0.3, -0.25) is 9.78 Å². The van der Waals surface area contributed by atoms with E-state index in [2.05, 4.69) is 26.0 Å². The summed E-state index contributed by atoms with van der Waals surface area (Å²) in [6, 6.07) is 7.54. The molecular weight excluding hydrogens is 308 g/mol. The molecule has 19 heavy (non-hydrogen) atoms. The molecule has 5 nitrogen and oxygen atoms in total. The summed E-state index contributed by atoms with van der Waals surface area (Å²) in [7, 11) is 0. The number of aromatic nitrogens is 3. The molecule has 0 aliphatic heterocycles. The van der Waals surface area contributed by atoms with E-state index in [-0.39, 0.29) is 0 Å². The number of para-hydroxylation sites is 1. The lowest BCUT2D eigenvalue weighted by Crippen LogP contribution is -2.15. The quantitative estimate of drug-likeness (QED) is 0.788. The molecule has 6 heteroatoms. The van der Waals surface area contributed by atoms with E-state index >= 15 is 0 Å². The number of pyridine rings is 1. The molecule has 0 saturated carbocycles. The molecule has 0 unspecified atom stereocenters. The molecule has 2 aromatic heterocycles. The van der Waals surface area contributed by atoms with Gasteiger partial charge in [0.1, 0.15) is 0 Å². The fraction of sp³-hybridized carbons (Fsp3) is 0. The maximum atomic E-state index is 11.6. The number of fused-ring (bicyclic) bond motifs is 1. The molecule has 3 aromatic rings. The van der Waals surface area contributed by atoms with Gasteiger partial charge >= 0.3 is 0 Å². The van der Waals surface area contributed by atoms with Gasteiger partial charge in [0.2, 0.25) is 0 Å². The summed E-state index contributed by atoms with van der Waals surface area (Å²) in [6.45, 7) is 0. The van der Waals surface area contributed by atoms with Crippen molar-refractivity contribution in [2.24, 2.45) is 5.73 Å². The molecule has 2 heterocycles. The highest BCUT2D eigenvalue weighted by molar-refractivity contribution is 9.10. The van der Waals surface area contributed by atoms with Gasteiger partial charge in [-0.2, -0.15) is 5.10 Å². The van der Waals surface area contributed by atoms with Crippen LogP contribution in [-0.4, -0.2) is 20.7 Å². The number of halogens is 1. The molecule has 0 bridgehead atoms. The van der Waals surface area contributed by atoms with E-state index in [1.165, 1.54) is 6.20 Å². The van der Waals surface area contributed by atoms with Crippen molar-refractivity contribution in [3.63, 3.8) is 0 Å². The largest absolute Gasteiger partial charge is 0.365 e. The Morgan fingerprint density at radius 3 is 2.74 bits per heavy atom. The summed E-state index contributed by atoms with van der Waals surface area (Å²) in [5.74, 6) is -0.528. The minimum absolute atomic E-state index is 0.342. The SMILES string of the molecule is NC(=O)c1cnc2ccccc2c1-n1cc(Br)cn1. The highest BCUT2D eigenvalue weighted by atomic mass is 79.9. The number of hydrogen-bond donors (Lipinski definition) is 1. The zero-order valence-electron chi connectivity index (χ0n) is 9.75. The third-order valence-electron chi connectivity index (χ3n) is 2.79. The Kier molecular flexibility index (Phi) is 2.79. The van der Waals surface area contributed by atoms with Crippen LogP contribution in [-0.2, 0) is 0 Å². The van der Waals surface area contributed by atoms with Crippen LogP contribution in [0.5, 0.6) is 0 Å². The highest BCUT2D eigenvalue weighted by Gasteiger charge is 2.15. The molecule has 0 atom stereocenters. The number of hydrogen-bond acceptors (Lipinski definition) is 3. The monoisotopic (exact) mass is 316 g/mol. The summed E-state index contributed by atoms with van der Waals surface area (Å²) in [4.78, 5) is 15.8. The fourth-order valence-corrected chi connectivity index (χ4v) is 2.26. The minimum Gasteiger partial charge on any atom is -0.365 e.